The molecule has 0 fully saturated rings. The van der Waals surface area contributed by atoms with Crippen LogP contribution in [0.3, 0.4) is 0 Å². The summed E-state index contributed by atoms with van der Waals surface area (Å²) < 4.78 is 8.65. The van der Waals surface area contributed by atoms with E-state index in [1.54, 1.807) is 28.8 Å². The van der Waals surface area contributed by atoms with Gasteiger partial charge in [0.1, 0.15) is 6.73 Å². The molecule has 0 N–H and O–H groups in total. The maximum Gasteiger partial charge on any atom is 0.282 e. The minimum atomic E-state index is -0.366. The zero-order valence-electron chi connectivity index (χ0n) is 15.3. The van der Waals surface area contributed by atoms with Crippen molar-refractivity contribution in [1.82, 2.24) is 19.1 Å². The molecule has 2 heterocycles. The molecule has 2 aromatic heterocycles. The number of nitrogens with zero attached hydrogens (tertiary/aromatic N) is 5. The lowest BCUT2D eigenvalue weighted by atomic mass is 10.1. The summed E-state index contributed by atoms with van der Waals surface area (Å²) in [4.78, 5) is 21.4. The molecule has 0 radical (unpaired) electrons. The summed E-state index contributed by atoms with van der Waals surface area (Å²) in [6.45, 7) is 0.757. The van der Waals surface area contributed by atoms with Crippen LogP contribution >= 0.6 is 11.6 Å². The number of benzene rings is 2. The molecule has 4 aromatic rings. The van der Waals surface area contributed by atoms with Crippen LogP contribution < -0.4 is 5.56 Å². The number of halogens is 1. The van der Waals surface area contributed by atoms with Gasteiger partial charge in [-0.3, -0.25) is 13.9 Å². The molecule has 0 aliphatic rings. The van der Waals surface area contributed by atoms with Crippen LogP contribution in [0.15, 0.2) is 65.7 Å². The van der Waals surface area contributed by atoms with Gasteiger partial charge in [0.15, 0.2) is 11.2 Å². The standard InChI is InChI=1S/C21H16ClN5O2/c22-21-25-19-18(20(28)27(21)11-17-9-5-4-8-16(17)10-23)24-13-26(19)14-29-12-15-6-2-1-3-7-15/h1-9,13H,11-12,14H2. The van der Waals surface area contributed by atoms with Crippen molar-refractivity contribution in [3.63, 3.8) is 0 Å². The predicted molar refractivity (Wildman–Crippen MR) is 108 cm³/mol. The van der Waals surface area contributed by atoms with Gasteiger partial charge in [-0.25, -0.2) is 4.98 Å². The van der Waals surface area contributed by atoms with Gasteiger partial charge in [-0.2, -0.15) is 10.2 Å². The molecular formula is C21H16ClN5O2. The van der Waals surface area contributed by atoms with Crippen molar-refractivity contribution in [2.45, 2.75) is 19.9 Å². The molecule has 4 rings (SSSR count). The highest BCUT2D eigenvalue weighted by Gasteiger charge is 2.15. The van der Waals surface area contributed by atoms with Crippen LogP contribution in [-0.2, 0) is 24.6 Å². The van der Waals surface area contributed by atoms with Gasteiger partial charge in [-0.1, -0.05) is 48.5 Å². The third-order valence-electron chi connectivity index (χ3n) is 4.49. The predicted octanol–water partition coefficient (Wildman–Crippen LogP) is 3.34. The quantitative estimate of drug-likeness (QED) is 0.459. The molecule has 8 heteroatoms. The Morgan fingerprint density at radius 1 is 1.10 bits per heavy atom. The number of rotatable bonds is 6. The molecule has 0 aliphatic carbocycles. The van der Waals surface area contributed by atoms with Gasteiger partial charge in [0.05, 0.1) is 31.1 Å². The Kier molecular flexibility index (Phi) is 5.38. The smallest absolute Gasteiger partial charge is 0.282 e. The number of ether oxygens (including phenoxy) is 1. The van der Waals surface area contributed by atoms with E-state index in [-0.39, 0.29) is 29.6 Å². The van der Waals surface area contributed by atoms with Crippen LogP contribution in [0, 0.1) is 11.3 Å². The fourth-order valence-electron chi connectivity index (χ4n) is 3.01. The second-order valence-electron chi connectivity index (χ2n) is 6.39. The molecule has 2 aromatic carbocycles. The minimum Gasteiger partial charge on any atom is -0.356 e. The first-order chi connectivity index (χ1) is 14.2. The largest absolute Gasteiger partial charge is 0.356 e. The highest BCUT2D eigenvalue weighted by molar-refractivity contribution is 6.28. The Morgan fingerprint density at radius 2 is 1.86 bits per heavy atom. The van der Waals surface area contributed by atoms with Crippen LogP contribution in [0.4, 0.5) is 0 Å². The van der Waals surface area contributed by atoms with Crippen LogP contribution in [0.2, 0.25) is 5.28 Å². The van der Waals surface area contributed by atoms with Crippen LogP contribution in [0.5, 0.6) is 0 Å². The van der Waals surface area contributed by atoms with E-state index in [4.69, 9.17) is 16.3 Å². The summed E-state index contributed by atoms with van der Waals surface area (Å²) >= 11 is 6.30. The van der Waals surface area contributed by atoms with Crippen LogP contribution in [-0.4, -0.2) is 19.1 Å². The first-order valence-electron chi connectivity index (χ1n) is 8.88. The molecule has 0 spiro atoms. The molecule has 0 amide bonds. The lowest BCUT2D eigenvalue weighted by molar-refractivity contribution is 0.0661. The monoisotopic (exact) mass is 405 g/mol. The molecule has 0 bridgehead atoms. The van der Waals surface area contributed by atoms with Crippen molar-refractivity contribution in [3.8, 4) is 6.07 Å². The molecule has 29 heavy (non-hydrogen) atoms. The average Bonchev–Trinajstić information content (AvgIpc) is 3.15. The van der Waals surface area contributed by atoms with Crippen molar-refractivity contribution in [2.75, 3.05) is 0 Å². The molecule has 0 atom stereocenters. The van der Waals surface area contributed by atoms with Gasteiger partial charge in [0, 0.05) is 0 Å². The molecule has 0 aliphatic heterocycles. The highest BCUT2D eigenvalue weighted by Crippen LogP contribution is 2.15. The van der Waals surface area contributed by atoms with E-state index < -0.39 is 0 Å². The van der Waals surface area contributed by atoms with Gasteiger partial charge in [0.2, 0.25) is 5.28 Å². The Labute approximate surface area is 171 Å². The Balaban J connectivity index is 1.60. The van der Waals surface area contributed by atoms with Gasteiger partial charge < -0.3 is 4.74 Å². The fourth-order valence-corrected chi connectivity index (χ4v) is 3.23. The summed E-state index contributed by atoms with van der Waals surface area (Å²) in [7, 11) is 0. The minimum absolute atomic E-state index is 0.0278. The van der Waals surface area contributed by atoms with Crippen molar-refractivity contribution in [2.24, 2.45) is 0 Å². The van der Waals surface area contributed by atoms with Crippen molar-refractivity contribution >= 4 is 22.8 Å². The lowest BCUT2D eigenvalue weighted by Crippen LogP contribution is -2.23. The zero-order valence-corrected chi connectivity index (χ0v) is 16.1. The zero-order chi connectivity index (χ0) is 20.2. The lowest BCUT2D eigenvalue weighted by Gasteiger charge is -2.10. The molecule has 7 nitrogen and oxygen atoms in total. The number of hydrogen-bond acceptors (Lipinski definition) is 5. The van der Waals surface area contributed by atoms with E-state index in [1.165, 1.54) is 10.9 Å². The third-order valence-corrected chi connectivity index (χ3v) is 4.78. The van der Waals surface area contributed by atoms with Gasteiger partial charge >= 0.3 is 0 Å². The maximum atomic E-state index is 12.9. The number of fused-ring (bicyclic) bond motifs is 1. The first-order valence-corrected chi connectivity index (χ1v) is 9.26. The number of aromatic nitrogens is 4. The topological polar surface area (TPSA) is 85.7 Å². The van der Waals surface area contributed by atoms with E-state index in [2.05, 4.69) is 16.0 Å². The van der Waals surface area contributed by atoms with E-state index in [0.29, 0.717) is 23.4 Å². The summed E-state index contributed by atoms with van der Waals surface area (Å²) in [6, 6.07) is 18.9. The average molecular weight is 406 g/mol. The Hall–Kier alpha value is -3.47. The van der Waals surface area contributed by atoms with Gasteiger partial charge in [-0.05, 0) is 28.8 Å². The van der Waals surface area contributed by atoms with E-state index in [9.17, 15) is 10.1 Å². The van der Waals surface area contributed by atoms with Crippen molar-refractivity contribution in [3.05, 3.63) is 93.3 Å². The van der Waals surface area contributed by atoms with Gasteiger partial charge in [0.25, 0.3) is 5.56 Å². The van der Waals surface area contributed by atoms with E-state index in [1.807, 2.05) is 30.3 Å². The summed E-state index contributed by atoms with van der Waals surface area (Å²) in [5, 5.41) is 9.29. The fraction of sp³-hybridized carbons (Fsp3) is 0.143. The summed E-state index contributed by atoms with van der Waals surface area (Å²) in [5.41, 5.74) is 2.40. The molecule has 0 saturated heterocycles. The molecule has 0 saturated carbocycles. The third kappa shape index (κ3) is 3.90. The van der Waals surface area contributed by atoms with Crippen molar-refractivity contribution < 1.29 is 4.74 Å². The second-order valence-corrected chi connectivity index (χ2v) is 6.73. The second kappa shape index (κ2) is 8.27. The number of imidazole rings is 1. The van der Waals surface area contributed by atoms with Gasteiger partial charge in [-0.15, -0.1) is 0 Å². The first kappa shape index (κ1) is 18.9. The number of nitriles is 1. The number of hydrogen-bond donors (Lipinski definition) is 0. The van der Waals surface area contributed by atoms with Crippen LogP contribution in [0.25, 0.3) is 11.2 Å². The maximum absolute atomic E-state index is 12.9. The summed E-state index contributed by atoms with van der Waals surface area (Å²) in [6.07, 6.45) is 1.51. The molecular weight excluding hydrogens is 390 g/mol. The molecule has 0 unspecified atom stereocenters. The van der Waals surface area contributed by atoms with Crippen LogP contribution in [0.1, 0.15) is 16.7 Å². The normalized spacial score (nSPS) is 10.9. The van der Waals surface area contributed by atoms with E-state index in [0.717, 1.165) is 5.56 Å². The van der Waals surface area contributed by atoms with E-state index >= 15 is 0 Å². The Morgan fingerprint density at radius 3 is 2.66 bits per heavy atom. The highest BCUT2D eigenvalue weighted by atomic mass is 35.5. The summed E-state index contributed by atoms with van der Waals surface area (Å²) in [5.74, 6) is 0. The van der Waals surface area contributed by atoms with Crippen molar-refractivity contribution in [1.29, 1.82) is 5.26 Å². The molecule has 144 valence electrons. The Bertz CT molecular complexity index is 1260. The SMILES string of the molecule is N#Cc1ccccc1Cn1c(Cl)nc2c(ncn2COCc2ccccc2)c1=O.